The molecular formula is C6H9NO2. The van der Waals surface area contributed by atoms with Gasteiger partial charge in [0, 0.05) is 12.6 Å². The molecule has 1 rings (SSSR count). The molecule has 1 aliphatic heterocycles. The molecule has 9 heavy (non-hydrogen) atoms. The van der Waals surface area contributed by atoms with Crippen LogP contribution in [0.2, 0.25) is 0 Å². The monoisotopic (exact) mass is 127 g/mol. The lowest BCUT2D eigenvalue weighted by Gasteiger charge is -2.09. The lowest BCUT2D eigenvalue weighted by molar-refractivity contribution is -0.120. The van der Waals surface area contributed by atoms with Gasteiger partial charge in [-0.25, -0.2) is 0 Å². The van der Waals surface area contributed by atoms with Gasteiger partial charge in [-0.2, -0.15) is 0 Å². The number of hydrogen-bond donors (Lipinski definition) is 2. The van der Waals surface area contributed by atoms with Crippen molar-refractivity contribution in [3.05, 3.63) is 11.8 Å². The molecular weight excluding hydrogens is 118 g/mol. The van der Waals surface area contributed by atoms with Crippen LogP contribution >= 0.6 is 0 Å². The van der Waals surface area contributed by atoms with Gasteiger partial charge in [-0.1, -0.05) is 0 Å². The topological polar surface area (TPSA) is 49.3 Å². The Balaban J connectivity index is 2.50. The molecule has 2 N–H and O–H groups in total. The first-order valence-electron chi connectivity index (χ1n) is 2.91. The molecule has 0 radical (unpaired) electrons. The Kier molecular flexibility index (Phi) is 1.85. The molecule has 0 bridgehead atoms. The molecule has 0 unspecified atom stereocenters. The Bertz CT molecular complexity index is 151. The molecule has 3 nitrogen and oxygen atoms in total. The van der Waals surface area contributed by atoms with Crippen molar-refractivity contribution < 1.29 is 9.90 Å². The van der Waals surface area contributed by atoms with Crippen molar-refractivity contribution in [1.82, 2.24) is 5.32 Å². The highest BCUT2D eigenvalue weighted by atomic mass is 16.3. The van der Waals surface area contributed by atoms with Gasteiger partial charge in [0.05, 0.1) is 6.61 Å². The van der Waals surface area contributed by atoms with E-state index in [9.17, 15) is 4.79 Å². The van der Waals surface area contributed by atoms with E-state index in [0.29, 0.717) is 12.8 Å². The van der Waals surface area contributed by atoms with Gasteiger partial charge in [-0.3, -0.25) is 4.79 Å². The summed E-state index contributed by atoms with van der Waals surface area (Å²) in [5, 5.41) is 11.1. The van der Waals surface area contributed by atoms with Gasteiger partial charge in [0.15, 0.2) is 0 Å². The zero-order valence-electron chi connectivity index (χ0n) is 5.05. The van der Waals surface area contributed by atoms with Crippen molar-refractivity contribution in [3.8, 4) is 0 Å². The second-order valence-corrected chi connectivity index (χ2v) is 2.03. The fraction of sp³-hybridized carbons (Fsp3) is 0.500. The van der Waals surface area contributed by atoms with Crippen LogP contribution < -0.4 is 5.32 Å². The highest BCUT2D eigenvalue weighted by molar-refractivity contribution is 5.78. The summed E-state index contributed by atoms with van der Waals surface area (Å²) in [7, 11) is 0. The summed E-state index contributed by atoms with van der Waals surface area (Å²) in [6, 6.07) is 0. The quantitative estimate of drug-likeness (QED) is 0.511. The number of carbonyl (C=O) groups is 1. The SMILES string of the molecule is O=C1CCC(CO)=CN1. The lowest BCUT2D eigenvalue weighted by Crippen LogP contribution is -2.22. The standard InChI is InChI=1S/C6H9NO2/c8-4-5-1-2-6(9)7-3-5/h3,8H,1-2,4H2,(H,7,9). The van der Waals surface area contributed by atoms with Crippen LogP contribution in [0.1, 0.15) is 12.8 Å². The Hall–Kier alpha value is -0.830. The fourth-order valence-electron chi connectivity index (χ4n) is 0.726. The van der Waals surface area contributed by atoms with Gasteiger partial charge in [-0.05, 0) is 12.0 Å². The van der Waals surface area contributed by atoms with Crippen molar-refractivity contribution in [2.24, 2.45) is 0 Å². The third-order valence-corrected chi connectivity index (χ3v) is 1.31. The van der Waals surface area contributed by atoms with Gasteiger partial charge in [0.25, 0.3) is 0 Å². The maximum Gasteiger partial charge on any atom is 0.224 e. The summed E-state index contributed by atoms with van der Waals surface area (Å²) >= 11 is 0. The molecule has 0 aromatic heterocycles. The molecule has 0 saturated heterocycles. The zero-order chi connectivity index (χ0) is 6.69. The number of carbonyl (C=O) groups excluding carboxylic acids is 1. The summed E-state index contributed by atoms with van der Waals surface area (Å²) in [6.07, 6.45) is 2.78. The number of aliphatic hydroxyl groups excluding tert-OH is 1. The number of nitrogens with one attached hydrogen (secondary N) is 1. The van der Waals surface area contributed by atoms with E-state index in [4.69, 9.17) is 5.11 Å². The van der Waals surface area contributed by atoms with Crippen molar-refractivity contribution in [2.45, 2.75) is 12.8 Å². The van der Waals surface area contributed by atoms with Crippen LogP contribution in [0, 0.1) is 0 Å². The van der Waals surface area contributed by atoms with Crippen LogP contribution in [0.15, 0.2) is 11.8 Å². The molecule has 1 heterocycles. The first-order valence-corrected chi connectivity index (χ1v) is 2.91. The van der Waals surface area contributed by atoms with E-state index in [-0.39, 0.29) is 12.5 Å². The minimum atomic E-state index is 0.0344. The molecule has 0 aromatic carbocycles. The third kappa shape index (κ3) is 1.54. The van der Waals surface area contributed by atoms with Crippen LogP contribution in [-0.4, -0.2) is 17.6 Å². The van der Waals surface area contributed by atoms with Crippen molar-refractivity contribution in [3.63, 3.8) is 0 Å². The van der Waals surface area contributed by atoms with Crippen LogP contribution in [0.4, 0.5) is 0 Å². The summed E-state index contributed by atoms with van der Waals surface area (Å²) in [5.41, 5.74) is 0.898. The van der Waals surface area contributed by atoms with E-state index in [2.05, 4.69) is 5.32 Å². The van der Waals surface area contributed by atoms with E-state index in [1.165, 1.54) is 0 Å². The van der Waals surface area contributed by atoms with E-state index in [1.54, 1.807) is 6.20 Å². The van der Waals surface area contributed by atoms with Crippen LogP contribution in [-0.2, 0) is 4.79 Å². The molecule has 1 aliphatic rings. The maximum atomic E-state index is 10.5. The molecule has 3 heteroatoms. The molecule has 0 saturated carbocycles. The first kappa shape index (κ1) is 6.29. The zero-order valence-corrected chi connectivity index (χ0v) is 5.05. The Morgan fingerprint density at radius 1 is 1.67 bits per heavy atom. The molecule has 0 aliphatic carbocycles. The lowest BCUT2D eigenvalue weighted by atomic mass is 10.1. The third-order valence-electron chi connectivity index (χ3n) is 1.31. The average molecular weight is 127 g/mol. The number of aliphatic hydroxyl groups is 1. The Morgan fingerprint density at radius 2 is 2.44 bits per heavy atom. The van der Waals surface area contributed by atoms with Crippen molar-refractivity contribution in [2.75, 3.05) is 6.61 Å². The minimum absolute atomic E-state index is 0.0344. The largest absolute Gasteiger partial charge is 0.392 e. The van der Waals surface area contributed by atoms with E-state index < -0.39 is 0 Å². The highest BCUT2D eigenvalue weighted by Crippen LogP contribution is 2.06. The van der Waals surface area contributed by atoms with Gasteiger partial charge in [-0.15, -0.1) is 0 Å². The van der Waals surface area contributed by atoms with Crippen LogP contribution in [0.25, 0.3) is 0 Å². The average Bonchev–Trinajstić information content (AvgIpc) is 1.90. The highest BCUT2D eigenvalue weighted by Gasteiger charge is 2.07. The van der Waals surface area contributed by atoms with E-state index >= 15 is 0 Å². The number of rotatable bonds is 1. The molecule has 0 spiro atoms. The number of hydrogen-bond acceptors (Lipinski definition) is 2. The Labute approximate surface area is 53.4 Å². The normalized spacial score (nSPS) is 18.8. The second kappa shape index (κ2) is 2.64. The Morgan fingerprint density at radius 3 is 2.89 bits per heavy atom. The minimum Gasteiger partial charge on any atom is -0.392 e. The molecule has 50 valence electrons. The predicted octanol–water partition coefficient (Wildman–Crippen LogP) is -0.227. The first-order chi connectivity index (χ1) is 4.33. The summed E-state index contributed by atoms with van der Waals surface area (Å²) < 4.78 is 0. The molecule has 1 amide bonds. The van der Waals surface area contributed by atoms with Gasteiger partial charge in [0.2, 0.25) is 5.91 Å². The van der Waals surface area contributed by atoms with Crippen LogP contribution in [0.3, 0.4) is 0 Å². The smallest absolute Gasteiger partial charge is 0.224 e. The number of amides is 1. The van der Waals surface area contributed by atoms with Crippen molar-refractivity contribution >= 4 is 5.91 Å². The fourth-order valence-corrected chi connectivity index (χ4v) is 0.726. The predicted molar refractivity (Wildman–Crippen MR) is 32.5 cm³/mol. The van der Waals surface area contributed by atoms with Gasteiger partial charge < -0.3 is 10.4 Å². The summed E-state index contributed by atoms with van der Waals surface area (Å²) in [6.45, 7) is 0.0558. The maximum absolute atomic E-state index is 10.5. The molecule has 0 atom stereocenters. The second-order valence-electron chi connectivity index (χ2n) is 2.03. The summed E-state index contributed by atoms with van der Waals surface area (Å²) in [5.74, 6) is 0.0344. The van der Waals surface area contributed by atoms with E-state index in [0.717, 1.165) is 5.57 Å². The van der Waals surface area contributed by atoms with Gasteiger partial charge in [0.1, 0.15) is 0 Å². The molecule has 0 aromatic rings. The summed E-state index contributed by atoms with van der Waals surface area (Å²) in [4.78, 5) is 10.5. The van der Waals surface area contributed by atoms with Crippen LogP contribution in [0.5, 0.6) is 0 Å². The van der Waals surface area contributed by atoms with Crippen molar-refractivity contribution in [1.29, 1.82) is 0 Å². The molecule has 0 fully saturated rings. The van der Waals surface area contributed by atoms with Gasteiger partial charge >= 0.3 is 0 Å². The van der Waals surface area contributed by atoms with E-state index in [1.807, 2.05) is 0 Å².